The zero-order valence-corrected chi connectivity index (χ0v) is 15.8. The highest BCUT2D eigenvalue weighted by Gasteiger charge is 2.23. The smallest absolute Gasteiger partial charge is 0.237 e. The number of amides is 1. The number of hydrogen-bond donors (Lipinski definition) is 1. The van der Waals surface area contributed by atoms with Gasteiger partial charge in [-0.3, -0.25) is 4.79 Å². The molecule has 1 aliphatic heterocycles. The van der Waals surface area contributed by atoms with Crippen molar-refractivity contribution in [1.29, 1.82) is 0 Å². The van der Waals surface area contributed by atoms with Gasteiger partial charge < -0.3 is 9.80 Å². The number of piperazine rings is 1. The molecule has 1 aromatic heterocycles. The standard InChI is InChI=1S/C18H23N5O3S/c24-17(15-21-27(25,26)14-7-16-5-2-1-3-6-16)22-10-12-23(13-11-22)18-19-8-4-9-20-18/h1-6,8-9,21H,7,10-15H2. The summed E-state index contributed by atoms with van der Waals surface area (Å²) in [6, 6.07) is 11.2. The molecule has 0 saturated carbocycles. The molecular formula is C18H23N5O3S. The third-order valence-electron chi connectivity index (χ3n) is 4.41. The molecule has 0 unspecified atom stereocenters. The summed E-state index contributed by atoms with van der Waals surface area (Å²) in [4.78, 5) is 24.4. The summed E-state index contributed by atoms with van der Waals surface area (Å²) < 4.78 is 26.7. The number of nitrogens with zero attached hydrogens (tertiary/aromatic N) is 4. The van der Waals surface area contributed by atoms with Crippen LogP contribution < -0.4 is 9.62 Å². The number of aromatic nitrogens is 2. The van der Waals surface area contributed by atoms with E-state index in [0.717, 1.165) is 5.56 Å². The van der Waals surface area contributed by atoms with Gasteiger partial charge in [-0.1, -0.05) is 30.3 Å². The summed E-state index contributed by atoms with van der Waals surface area (Å²) in [5, 5.41) is 0. The first-order chi connectivity index (χ1) is 13.0. The normalized spacial score (nSPS) is 15.0. The average Bonchev–Trinajstić information content (AvgIpc) is 2.72. The second kappa shape index (κ2) is 8.92. The SMILES string of the molecule is O=C(CNS(=O)(=O)CCc1ccccc1)N1CCN(c2ncccn2)CC1. The zero-order valence-electron chi connectivity index (χ0n) is 15.0. The van der Waals surface area contributed by atoms with Crippen LogP contribution in [0.1, 0.15) is 5.56 Å². The fraction of sp³-hybridized carbons (Fsp3) is 0.389. The van der Waals surface area contributed by atoms with Gasteiger partial charge in [-0.25, -0.2) is 23.1 Å². The molecule has 0 spiro atoms. The van der Waals surface area contributed by atoms with Crippen molar-refractivity contribution in [3.05, 3.63) is 54.4 Å². The number of aryl methyl sites for hydroxylation is 1. The Kier molecular flexibility index (Phi) is 6.36. The van der Waals surface area contributed by atoms with Gasteiger partial charge in [0.15, 0.2) is 0 Å². The van der Waals surface area contributed by atoms with Crippen molar-refractivity contribution >= 4 is 21.9 Å². The van der Waals surface area contributed by atoms with Crippen molar-refractivity contribution in [2.45, 2.75) is 6.42 Å². The van der Waals surface area contributed by atoms with Crippen LogP contribution in [0, 0.1) is 0 Å². The summed E-state index contributed by atoms with van der Waals surface area (Å²) >= 11 is 0. The van der Waals surface area contributed by atoms with Crippen molar-refractivity contribution in [2.24, 2.45) is 0 Å². The average molecular weight is 389 g/mol. The molecule has 3 rings (SSSR count). The maximum absolute atomic E-state index is 12.3. The monoisotopic (exact) mass is 389 g/mol. The van der Waals surface area contributed by atoms with Gasteiger partial charge in [-0.15, -0.1) is 0 Å². The Hall–Kier alpha value is -2.52. The third kappa shape index (κ3) is 5.73. The van der Waals surface area contributed by atoms with Gasteiger partial charge in [0, 0.05) is 38.6 Å². The number of nitrogens with one attached hydrogen (secondary N) is 1. The van der Waals surface area contributed by atoms with Gasteiger partial charge in [-0.2, -0.15) is 0 Å². The van der Waals surface area contributed by atoms with Gasteiger partial charge >= 0.3 is 0 Å². The van der Waals surface area contributed by atoms with Gasteiger partial charge in [0.2, 0.25) is 21.9 Å². The Morgan fingerprint density at radius 1 is 1.00 bits per heavy atom. The lowest BCUT2D eigenvalue weighted by Crippen LogP contribution is -2.51. The molecule has 1 amide bonds. The van der Waals surface area contributed by atoms with Crippen LogP contribution in [0.5, 0.6) is 0 Å². The van der Waals surface area contributed by atoms with Crippen LogP contribution in [0.4, 0.5) is 5.95 Å². The van der Waals surface area contributed by atoms with E-state index < -0.39 is 10.0 Å². The van der Waals surface area contributed by atoms with E-state index in [1.807, 2.05) is 35.2 Å². The molecule has 1 aliphatic rings. The minimum absolute atomic E-state index is 0.0383. The van der Waals surface area contributed by atoms with E-state index in [1.165, 1.54) is 0 Å². The number of benzene rings is 1. The molecule has 1 fully saturated rings. The number of carbonyl (C=O) groups is 1. The van der Waals surface area contributed by atoms with Gasteiger partial charge in [0.25, 0.3) is 0 Å². The van der Waals surface area contributed by atoms with E-state index in [2.05, 4.69) is 14.7 Å². The van der Waals surface area contributed by atoms with Crippen molar-refractivity contribution in [3.8, 4) is 0 Å². The summed E-state index contributed by atoms with van der Waals surface area (Å²) in [6.07, 6.45) is 3.79. The predicted molar refractivity (Wildman–Crippen MR) is 103 cm³/mol. The topological polar surface area (TPSA) is 95.5 Å². The quantitative estimate of drug-likeness (QED) is 0.731. The van der Waals surface area contributed by atoms with E-state index in [1.54, 1.807) is 23.4 Å². The molecule has 1 saturated heterocycles. The first-order valence-corrected chi connectivity index (χ1v) is 10.5. The second-order valence-corrected chi connectivity index (χ2v) is 8.22. The molecule has 1 aromatic carbocycles. The van der Waals surface area contributed by atoms with E-state index in [4.69, 9.17) is 0 Å². The fourth-order valence-electron chi connectivity index (χ4n) is 2.86. The Balaban J connectivity index is 1.43. The largest absolute Gasteiger partial charge is 0.338 e. The first kappa shape index (κ1) is 19.2. The summed E-state index contributed by atoms with van der Waals surface area (Å²) in [7, 11) is -3.50. The molecule has 0 atom stereocenters. The minimum atomic E-state index is -3.50. The molecule has 2 aromatic rings. The third-order valence-corrected chi connectivity index (χ3v) is 5.74. The highest BCUT2D eigenvalue weighted by Crippen LogP contribution is 2.09. The van der Waals surface area contributed by atoms with Crippen LogP contribution in [0.2, 0.25) is 0 Å². The molecule has 2 heterocycles. The highest BCUT2D eigenvalue weighted by molar-refractivity contribution is 7.89. The van der Waals surface area contributed by atoms with Crippen molar-refractivity contribution in [3.63, 3.8) is 0 Å². The van der Waals surface area contributed by atoms with E-state index >= 15 is 0 Å². The molecule has 0 aliphatic carbocycles. The number of carbonyl (C=O) groups excluding carboxylic acids is 1. The lowest BCUT2D eigenvalue weighted by molar-refractivity contribution is -0.130. The van der Waals surface area contributed by atoms with Gasteiger partial charge in [0.05, 0.1) is 12.3 Å². The van der Waals surface area contributed by atoms with E-state index in [-0.39, 0.29) is 18.2 Å². The molecule has 0 radical (unpaired) electrons. The molecule has 8 nitrogen and oxygen atoms in total. The van der Waals surface area contributed by atoms with E-state index in [0.29, 0.717) is 38.5 Å². The maximum Gasteiger partial charge on any atom is 0.237 e. The first-order valence-electron chi connectivity index (χ1n) is 8.84. The maximum atomic E-state index is 12.3. The molecule has 0 bridgehead atoms. The van der Waals surface area contributed by atoms with Crippen molar-refractivity contribution in [1.82, 2.24) is 19.6 Å². The van der Waals surface area contributed by atoms with E-state index in [9.17, 15) is 13.2 Å². The van der Waals surface area contributed by atoms with Crippen LogP contribution in [-0.2, 0) is 21.2 Å². The number of anilines is 1. The Morgan fingerprint density at radius 2 is 1.67 bits per heavy atom. The lowest BCUT2D eigenvalue weighted by Gasteiger charge is -2.34. The Morgan fingerprint density at radius 3 is 2.33 bits per heavy atom. The Bertz CT molecular complexity index is 838. The van der Waals surface area contributed by atoms with Crippen LogP contribution in [0.15, 0.2) is 48.8 Å². The number of sulfonamides is 1. The van der Waals surface area contributed by atoms with Crippen molar-refractivity contribution in [2.75, 3.05) is 43.4 Å². The van der Waals surface area contributed by atoms with Gasteiger partial charge in [0.1, 0.15) is 0 Å². The summed E-state index contributed by atoms with van der Waals surface area (Å²) in [5.41, 5.74) is 0.952. The molecule has 144 valence electrons. The van der Waals surface area contributed by atoms with Crippen LogP contribution in [0.3, 0.4) is 0 Å². The number of rotatable bonds is 7. The van der Waals surface area contributed by atoms with Crippen LogP contribution >= 0.6 is 0 Å². The van der Waals surface area contributed by atoms with Crippen molar-refractivity contribution < 1.29 is 13.2 Å². The zero-order chi connectivity index (χ0) is 19.1. The minimum Gasteiger partial charge on any atom is -0.338 e. The highest BCUT2D eigenvalue weighted by atomic mass is 32.2. The van der Waals surface area contributed by atoms with Gasteiger partial charge in [-0.05, 0) is 18.1 Å². The fourth-order valence-corrected chi connectivity index (χ4v) is 3.86. The van der Waals surface area contributed by atoms with Crippen LogP contribution in [-0.4, -0.2) is 67.7 Å². The second-order valence-electron chi connectivity index (χ2n) is 6.29. The molecular weight excluding hydrogens is 366 g/mol. The Labute approximate surface area is 159 Å². The molecule has 27 heavy (non-hydrogen) atoms. The molecule has 1 N–H and O–H groups in total. The molecule has 9 heteroatoms. The number of hydrogen-bond acceptors (Lipinski definition) is 6. The predicted octanol–water partition coefficient (Wildman–Crippen LogP) is 0.287. The van der Waals surface area contributed by atoms with Crippen LogP contribution in [0.25, 0.3) is 0 Å². The summed E-state index contributed by atoms with van der Waals surface area (Å²) in [5.74, 6) is 0.391. The lowest BCUT2D eigenvalue weighted by atomic mass is 10.2. The summed E-state index contributed by atoms with van der Waals surface area (Å²) in [6.45, 7) is 2.07.